The van der Waals surface area contributed by atoms with E-state index in [1.165, 1.54) is 26.3 Å². The zero-order chi connectivity index (χ0) is 25.7. The Morgan fingerprint density at radius 1 is 1.40 bits per heavy atom. The molecule has 2 aliphatic rings. The van der Waals surface area contributed by atoms with Crippen LogP contribution >= 0.6 is 11.3 Å². The summed E-state index contributed by atoms with van der Waals surface area (Å²) in [6, 6.07) is -1.87. The van der Waals surface area contributed by atoms with Crippen molar-refractivity contribution in [3.63, 3.8) is 0 Å². The Kier molecular flexibility index (Phi) is 6.10. The Morgan fingerprint density at radius 2 is 2.11 bits per heavy atom. The highest BCUT2D eigenvalue weighted by Gasteiger charge is 2.55. The number of carboxylic acid groups (broad SMARTS) is 1. The molecule has 4 heterocycles. The molecule has 1 fully saturated rings. The van der Waals surface area contributed by atoms with Gasteiger partial charge in [0.1, 0.15) is 29.4 Å². The summed E-state index contributed by atoms with van der Waals surface area (Å²) < 4.78 is 31.5. The quantitative estimate of drug-likeness (QED) is 0.248. The van der Waals surface area contributed by atoms with E-state index < -0.39 is 50.3 Å². The number of aryl methyl sites for hydroxylation is 2. The molecule has 0 radical (unpaired) electrons. The van der Waals surface area contributed by atoms with E-state index >= 15 is 0 Å². The Labute approximate surface area is 202 Å². The molecular weight excluding hydrogens is 504 g/mol. The molecule has 0 bridgehead atoms. The SMILES string of the molecule is CO/N=C(/C(=O)N[C@@H]1C(=O)N2C(C(=O)O)=C(S(=O)(=O)c3c(C)noc3C)CC[C@H]12)c1csc(N)n1. The third kappa shape index (κ3) is 3.93. The Morgan fingerprint density at radius 3 is 2.66 bits per heavy atom. The van der Waals surface area contributed by atoms with Gasteiger partial charge in [-0.1, -0.05) is 10.3 Å². The van der Waals surface area contributed by atoms with E-state index in [0.29, 0.717) is 0 Å². The van der Waals surface area contributed by atoms with Gasteiger partial charge in [0, 0.05) is 5.38 Å². The number of β-lactam (4-membered cyclic amide) rings is 1. The van der Waals surface area contributed by atoms with Crippen molar-refractivity contribution in [1.82, 2.24) is 20.4 Å². The van der Waals surface area contributed by atoms with Crippen LogP contribution in [0.15, 0.2) is 30.6 Å². The van der Waals surface area contributed by atoms with Crippen LogP contribution in [0.25, 0.3) is 0 Å². The van der Waals surface area contributed by atoms with Crippen LogP contribution in [-0.4, -0.2) is 71.3 Å². The van der Waals surface area contributed by atoms with Crippen LogP contribution in [0.3, 0.4) is 0 Å². The highest BCUT2D eigenvalue weighted by Crippen LogP contribution is 2.41. The van der Waals surface area contributed by atoms with Crippen LogP contribution < -0.4 is 11.1 Å². The number of sulfone groups is 1. The number of carboxylic acids is 1. The van der Waals surface area contributed by atoms with Gasteiger partial charge in [-0.15, -0.1) is 11.3 Å². The minimum absolute atomic E-state index is 0.00887. The fourth-order valence-electron chi connectivity index (χ4n) is 4.17. The van der Waals surface area contributed by atoms with Gasteiger partial charge in [-0.05, 0) is 26.7 Å². The van der Waals surface area contributed by atoms with E-state index in [0.717, 1.165) is 16.2 Å². The summed E-state index contributed by atoms with van der Waals surface area (Å²) in [6.07, 6.45) is -0.0811. The standard InChI is InChI=1S/C19H20N6O8S2/c1-7-15(8(2)33-23-7)35(30,31)11-5-4-10-13(17(27)25(10)14(11)18(28)29)22-16(26)12(24-32-3)9-6-34-19(20)21-9/h6,10,13H,4-5H2,1-3H3,(H2,20,21)(H,22,26)(H,28,29)/b24-12+/t10-,13+/m1/s1. The van der Waals surface area contributed by atoms with Crippen molar-refractivity contribution in [3.05, 3.63) is 33.1 Å². The number of anilines is 1. The Bertz CT molecular complexity index is 1390. The number of nitrogens with one attached hydrogen (secondary N) is 1. The number of oxime groups is 1. The van der Waals surface area contributed by atoms with Crippen molar-refractivity contribution < 1.29 is 37.3 Å². The third-order valence-electron chi connectivity index (χ3n) is 5.60. The molecule has 2 amide bonds. The average Bonchev–Trinajstić information content (AvgIpc) is 3.38. The van der Waals surface area contributed by atoms with E-state index in [4.69, 9.17) is 15.1 Å². The van der Waals surface area contributed by atoms with Crippen LogP contribution in [0.1, 0.15) is 30.0 Å². The molecule has 4 rings (SSSR count). The molecule has 0 aromatic carbocycles. The number of allylic oxidation sites excluding steroid dienone is 1. The van der Waals surface area contributed by atoms with Gasteiger partial charge in [0.05, 0.1) is 16.6 Å². The molecule has 4 N–H and O–H groups in total. The lowest BCUT2D eigenvalue weighted by atomic mass is 9.86. The number of amides is 2. The number of aliphatic carboxylic acids is 1. The first kappa shape index (κ1) is 24.3. The van der Waals surface area contributed by atoms with Gasteiger partial charge < -0.3 is 25.5 Å². The molecule has 2 aromatic rings. The first-order valence-electron chi connectivity index (χ1n) is 10.1. The van der Waals surface area contributed by atoms with Gasteiger partial charge in [0.25, 0.3) is 11.8 Å². The number of rotatable bonds is 7. The lowest BCUT2D eigenvalue weighted by molar-refractivity contribution is -0.155. The number of nitrogens with zero attached hydrogens (tertiary/aromatic N) is 4. The van der Waals surface area contributed by atoms with Gasteiger partial charge in [-0.25, -0.2) is 18.2 Å². The molecular formula is C19H20N6O8S2. The Balaban J connectivity index is 1.64. The molecule has 35 heavy (non-hydrogen) atoms. The first-order chi connectivity index (χ1) is 16.5. The average molecular weight is 525 g/mol. The third-order valence-corrected chi connectivity index (χ3v) is 8.44. The van der Waals surface area contributed by atoms with Crippen LogP contribution in [0, 0.1) is 13.8 Å². The van der Waals surface area contributed by atoms with E-state index in [-0.39, 0.29) is 45.7 Å². The van der Waals surface area contributed by atoms with E-state index in [2.05, 4.69) is 20.6 Å². The minimum Gasteiger partial charge on any atom is -0.477 e. The molecule has 16 heteroatoms. The van der Waals surface area contributed by atoms with Crippen molar-refractivity contribution >= 4 is 49.8 Å². The van der Waals surface area contributed by atoms with Crippen molar-refractivity contribution in [2.45, 2.75) is 43.7 Å². The van der Waals surface area contributed by atoms with Crippen LogP contribution in [-0.2, 0) is 29.1 Å². The zero-order valence-corrected chi connectivity index (χ0v) is 20.3. The number of carbonyl (C=O) groups excluding carboxylic acids is 2. The minimum atomic E-state index is -4.31. The van der Waals surface area contributed by atoms with Gasteiger partial charge in [-0.2, -0.15) is 0 Å². The van der Waals surface area contributed by atoms with Crippen LogP contribution in [0.2, 0.25) is 0 Å². The lowest BCUT2D eigenvalue weighted by Crippen LogP contribution is -2.72. The molecule has 186 valence electrons. The predicted octanol–water partition coefficient (Wildman–Crippen LogP) is -0.0599. The smallest absolute Gasteiger partial charge is 0.353 e. The highest BCUT2D eigenvalue weighted by atomic mass is 32.2. The molecule has 14 nitrogen and oxygen atoms in total. The molecule has 2 atom stereocenters. The van der Waals surface area contributed by atoms with Crippen molar-refractivity contribution in [3.8, 4) is 0 Å². The molecule has 2 aliphatic heterocycles. The molecule has 1 saturated heterocycles. The number of nitrogens with two attached hydrogens (primary N) is 1. The number of hydrogen-bond donors (Lipinski definition) is 3. The first-order valence-corrected chi connectivity index (χ1v) is 12.5. The summed E-state index contributed by atoms with van der Waals surface area (Å²) in [5, 5.41) is 21.3. The Hall–Kier alpha value is -3.79. The second-order valence-corrected chi connectivity index (χ2v) is 10.5. The number of hydrogen-bond acceptors (Lipinski definition) is 12. The summed E-state index contributed by atoms with van der Waals surface area (Å²) in [5.74, 6) is -3.14. The fraction of sp³-hybridized carbons (Fsp3) is 0.368. The fourth-order valence-corrected chi connectivity index (χ4v) is 6.64. The number of fused-ring (bicyclic) bond motifs is 1. The van der Waals surface area contributed by atoms with Gasteiger partial charge >= 0.3 is 5.97 Å². The highest BCUT2D eigenvalue weighted by molar-refractivity contribution is 7.95. The summed E-state index contributed by atoms with van der Waals surface area (Å²) in [6.45, 7) is 2.82. The second-order valence-electron chi connectivity index (χ2n) is 7.69. The summed E-state index contributed by atoms with van der Waals surface area (Å²) >= 11 is 1.08. The topological polar surface area (TPSA) is 207 Å². The van der Waals surface area contributed by atoms with Crippen LogP contribution in [0.5, 0.6) is 0 Å². The summed E-state index contributed by atoms with van der Waals surface area (Å²) in [5.41, 5.74) is 4.94. The van der Waals surface area contributed by atoms with Crippen LogP contribution in [0.4, 0.5) is 5.13 Å². The molecule has 0 spiro atoms. The number of aromatic nitrogens is 2. The predicted molar refractivity (Wildman–Crippen MR) is 120 cm³/mol. The van der Waals surface area contributed by atoms with E-state index in [1.54, 1.807) is 0 Å². The summed E-state index contributed by atoms with van der Waals surface area (Å²) in [7, 11) is -3.08. The van der Waals surface area contributed by atoms with Gasteiger partial charge in [0.2, 0.25) is 9.84 Å². The maximum atomic E-state index is 13.3. The monoisotopic (exact) mass is 524 g/mol. The van der Waals surface area contributed by atoms with E-state index in [1.807, 2.05) is 0 Å². The van der Waals surface area contributed by atoms with Crippen molar-refractivity contribution in [2.75, 3.05) is 12.8 Å². The maximum Gasteiger partial charge on any atom is 0.353 e. The van der Waals surface area contributed by atoms with Gasteiger partial charge in [-0.3, -0.25) is 14.5 Å². The normalized spacial score (nSPS) is 20.4. The number of thiazole rings is 1. The number of nitrogen functional groups attached to an aromatic ring is 1. The molecule has 0 aliphatic carbocycles. The largest absolute Gasteiger partial charge is 0.477 e. The zero-order valence-electron chi connectivity index (χ0n) is 18.6. The molecule has 0 unspecified atom stereocenters. The molecule has 2 aromatic heterocycles. The maximum absolute atomic E-state index is 13.3. The summed E-state index contributed by atoms with van der Waals surface area (Å²) in [4.78, 5) is 46.8. The second kappa shape index (κ2) is 8.77. The lowest BCUT2D eigenvalue weighted by Gasteiger charge is -2.49. The van der Waals surface area contributed by atoms with Crippen molar-refractivity contribution in [1.29, 1.82) is 0 Å². The molecule has 0 saturated carbocycles. The van der Waals surface area contributed by atoms with Gasteiger partial charge in [0.15, 0.2) is 16.6 Å². The van der Waals surface area contributed by atoms with E-state index in [9.17, 15) is 27.9 Å². The number of carbonyl (C=O) groups is 3. The van der Waals surface area contributed by atoms with Crippen molar-refractivity contribution in [2.24, 2.45) is 5.16 Å².